The van der Waals surface area contributed by atoms with Crippen molar-refractivity contribution in [3.63, 3.8) is 0 Å². The fourth-order valence-electron chi connectivity index (χ4n) is 2.47. The molecule has 1 aliphatic carbocycles. The van der Waals surface area contributed by atoms with E-state index < -0.39 is 5.54 Å². The summed E-state index contributed by atoms with van der Waals surface area (Å²) in [6, 6.07) is 0.182. The van der Waals surface area contributed by atoms with Gasteiger partial charge < -0.3 is 11.1 Å². The second-order valence-electron chi connectivity index (χ2n) is 4.64. The van der Waals surface area contributed by atoms with Gasteiger partial charge in [-0.15, -0.1) is 0 Å². The molecule has 0 bridgehead atoms. The average Bonchev–Trinajstić information content (AvgIpc) is 2.84. The normalized spacial score (nSPS) is 28.5. The lowest BCUT2D eigenvalue weighted by Crippen LogP contribution is -2.52. The van der Waals surface area contributed by atoms with Crippen LogP contribution in [0.25, 0.3) is 0 Å². The second kappa shape index (κ2) is 4.31. The van der Waals surface area contributed by atoms with Gasteiger partial charge >= 0.3 is 0 Å². The van der Waals surface area contributed by atoms with E-state index in [2.05, 4.69) is 10.4 Å². The van der Waals surface area contributed by atoms with Crippen LogP contribution in [0, 0.1) is 6.92 Å². The SMILES string of the molecule is CNC1(C(N)=O)CCC(n2cc(Cl)c(C)n2)C1. The molecule has 6 heteroatoms. The van der Waals surface area contributed by atoms with E-state index in [9.17, 15) is 4.79 Å². The molecular weight excluding hydrogens is 240 g/mol. The summed E-state index contributed by atoms with van der Waals surface area (Å²) in [5.41, 5.74) is 5.67. The number of halogens is 1. The van der Waals surface area contributed by atoms with Crippen LogP contribution in [0.1, 0.15) is 31.0 Å². The van der Waals surface area contributed by atoms with E-state index in [-0.39, 0.29) is 11.9 Å². The van der Waals surface area contributed by atoms with Crippen LogP contribution in [0.15, 0.2) is 6.20 Å². The van der Waals surface area contributed by atoms with Gasteiger partial charge in [0.25, 0.3) is 0 Å². The Bertz CT molecular complexity index is 425. The number of carbonyl (C=O) groups is 1. The number of hydrogen-bond donors (Lipinski definition) is 2. The van der Waals surface area contributed by atoms with E-state index in [4.69, 9.17) is 17.3 Å². The molecule has 2 unspecified atom stereocenters. The molecule has 0 spiro atoms. The van der Waals surface area contributed by atoms with Crippen LogP contribution in [0.3, 0.4) is 0 Å². The van der Waals surface area contributed by atoms with Crippen molar-refractivity contribution in [2.24, 2.45) is 5.73 Å². The Hall–Kier alpha value is -1.07. The van der Waals surface area contributed by atoms with Crippen molar-refractivity contribution < 1.29 is 4.79 Å². The zero-order chi connectivity index (χ0) is 12.6. The first-order valence-electron chi connectivity index (χ1n) is 5.68. The fraction of sp³-hybridized carbons (Fsp3) is 0.636. The summed E-state index contributed by atoms with van der Waals surface area (Å²) in [7, 11) is 1.77. The van der Waals surface area contributed by atoms with Crippen LogP contribution in [-0.2, 0) is 4.79 Å². The Morgan fingerprint density at radius 3 is 2.88 bits per heavy atom. The number of likely N-dealkylation sites (N-methyl/N-ethyl adjacent to an activating group) is 1. The quantitative estimate of drug-likeness (QED) is 0.848. The number of nitrogens with two attached hydrogens (primary N) is 1. The fourth-order valence-corrected chi connectivity index (χ4v) is 2.60. The monoisotopic (exact) mass is 256 g/mol. The molecule has 3 N–H and O–H groups in total. The van der Waals surface area contributed by atoms with Gasteiger partial charge in [0.1, 0.15) is 0 Å². The molecule has 0 saturated heterocycles. The molecule has 1 aromatic heterocycles. The highest BCUT2D eigenvalue weighted by Gasteiger charge is 2.43. The number of hydrogen-bond acceptors (Lipinski definition) is 3. The minimum absolute atomic E-state index is 0.182. The van der Waals surface area contributed by atoms with Crippen LogP contribution in [0.5, 0.6) is 0 Å². The van der Waals surface area contributed by atoms with Crippen molar-refractivity contribution in [1.82, 2.24) is 15.1 Å². The number of aromatic nitrogens is 2. The number of aryl methyl sites for hydroxylation is 1. The van der Waals surface area contributed by atoms with Gasteiger partial charge in [0.15, 0.2) is 0 Å². The Morgan fingerprint density at radius 1 is 1.76 bits per heavy atom. The van der Waals surface area contributed by atoms with Crippen LogP contribution in [0.2, 0.25) is 5.02 Å². The number of nitrogens with one attached hydrogen (secondary N) is 1. The number of amides is 1. The van der Waals surface area contributed by atoms with Crippen molar-refractivity contribution in [2.75, 3.05) is 7.05 Å². The average molecular weight is 257 g/mol. The zero-order valence-corrected chi connectivity index (χ0v) is 10.8. The molecular formula is C11H17ClN4O. The summed E-state index contributed by atoms with van der Waals surface area (Å²) >= 11 is 5.98. The number of nitrogens with zero attached hydrogens (tertiary/aromatic N) is 2. The lowest BCUT2D eigenvalue weighted by Gasteiger charge is -2.24. The van der Waals surface area contributed by atoms with Crippen LogP contribution < -0.4 is 11.1 Å². The Balaban J connectivity index is 2.20. The molecule has 1 aliphatic rings. The Kier molecular flexibility index (Phi) is 3.14. The summed E-state index contributed by atoms with van der Waals surface area (Å²) in [5.74, 6) is -0.294. The molecule has 1 aromatic rings. The molecule has 17 heavy (non-hydrogen) atoms. The van der Waals surface area contributed by atoms with Crippen molar-refractivity contribution >= 4 is 17.5 Å². The third-order valence-corrected chi connectivity index (χ3v) is 4.04. The molecule has 1 amide bonds. The van der Waals surface area contributed by atoms with Gasteiger partial charge in [0.2, 0.25) is 5.91 Å². The van der Waals surface area contributed by atoms with Crippen LogP contribution >= 0.6 is 11.6 Å². The van der Waals surface area contributed by atoms with Crippen molar-refractivity contribution in [2.45, 2.75) is 37.8 Å². The van der Waals surface area contributed by atoms with Gasteiger partial charge in [-0.25, -0.2) is 0 Å². The van der Waals surface area contributed by atoms with Crippen LogP contribution in [0.4, 0.5) is 0 Å². The first-order chi connectivity index (χ1) is 7.98. The summed E-state index contributed by atoms with van der Waals surface area (Å²) < 4.78 is 1.85. The molecule has 1 heterocycles. The molecule has 1 saturated carbocycles. The summed E-state index contributed by atoms with van der Waals surface area (Å²) in [6.07, 6.45) is 4.09. The van der Waals surface area contributed by atoms with Crippen LogP contribution in [-0.4, -0.2) is 28.3 Å². The molecule has 0 aliphatic heterocycles. The molecule has 94 valence electrons. The second-order valence-corrected chi connectivity index (χ2v) is 5.04. The molecule has 5 nitrogen and oxygen atoms in total. The molecule has 0 aromatic carbocycles. The number of primary amides is 1. The van der Waals surface area contributed by atoms with Crippen molar-refractivity contribution in [3.05, 3.63) is 16.9 Å². The largest absolute Gasteiger partial charge is 0.368 e. The minimum atomic E-state index is -0.600. The Morgan fingerprint density at radius 2 is 2.47 bits per heavy atom. The summed E-state index contributed by atoms with van der Waals surface area (Å²) in [6.45, 7) is 1.87. The van der Waals surface area contributed by atoms with Gasteiger partial charge in [-0.3, -0.25) is 9.48 Å². The maximum Gasteiger partial charge on any atom is 0.237 e. The van der Waals surface area contributed by atoms with E-state index in [1.54, 1.807) is 7.05 Å². The number of rotatable bonds is 3. The standard InChI is InChI=1S/C11H17ClN4O/c1-7-9(12)6-16(15-7)8-3-4-11(5-8,14-2)10(13)17/h6,8,14H,3-5H2,1-2H3,(H2,13,17). The first-order valence-corrected chi connectivity index (χ1v) is 6.06. The van der Waals surface area contributed by atoms with Gasteiger partial charge in [0, 0.05) is 6.20 Å². The molecule has 1 fully saturated rings. The molecule has 2 atom stereocenters. The van der Waals surface area contributed by atoms with Gasteiger partial charge in [0.05, 0.1) is 22.3 Å². The highest BCUT2D eigenvalue weighted by molar-refractivity contribution is 6.31. The van der Waals surface area contributed by atoms with E-state index in [0.29, 0.717) is 11.4 Å². The topological polar surface area (TPSA) is 72.9 Å². The van der Waals surface area contributed by atoms with Crippen molar-refractivity contribution in [1.29, 1.82) is 0 Å². The smallest absolute Gasteiger partial charge is 0.237 e. The third kappa shape index (κ3) is 2.05. The predicted molar refractivity (Wildman–Crippen MR) is 65.8 cm³/mol. The van der Waals surface area contributed by atoms with E-state index >= 15 is 0 Å². The van der Waals surface area contributed by atoms with E-state index in [1.165, 1.54) is 0 Å². The minimum Gasteiger partial charge on any atom is -0.368 e. The van der Waals surface area contributed by atoms with Crippen molar-refractivity contribution in [3.8, 4) is 0 Å². The Labute approximate surface area is 105 Å². The van der Waals surface area contributed by atoms with Gasteiger partial charge in [-0.2, -0.15) is 5.10 Å². The highest BCUT2D eigenvalue weighted by atomic mass is 35.5. The lowest BCUT2D eigenvalue weighted by molar-refractivity contribution is -0.124. The molecule has 2 rings (SSSR count). The maximum absolute atomic E-state index is 11.5. The summed E-state index contributed by atoms with van der Waals surface area (Å²) in [5, 5.41) is 8.06. The van der Waals surface area contributed by atoms with E-state index in [1.807, 2.05) is 17.8 Å². The zero-order valence-electron chi connectivity index (χ0n) is 10.0. The van der Waals surface area contributed by atoms with Gasteiger partial charge in [-0.1, -0.05) is 11.6 Å². The lowest BCUT2D eigenvalue weighted by atomic mass is 9.97. The maximum atomic E-state index is 11.5. The van der Waals surface area contributed by atoms with Gasteiger partial charge in [-0.05, 0) is 33.2 Å². The number of carbonyl (C=O) groups excluding carboxylic acids is 1. The van der Waals surface area contributed by atoms with E-state index in [0.717, 1.165) is 18.5 Å². The predicted octanol–water partition coefficient (Wildman–Crippen LogP) is 1.01. The summed E-state index contributed by atoms with van der Waals surface area (Å²) in [4.78, 5) is 11.5. The first kappa shape index (κ1) is 12.4. The third-order valence-electron chi connectivity index (χ3n) is 3.67. The molecule has 0 radical (unpaired) electrons. The highest BCUT2D eigenvalue weighted by Crippen LogP contribution is 2.37.